The quantitative estimate of drug-likeness (QED) is 0.656. The minimum absolute atomic E-state index is 0.105. The van der Waals surface area contributed by atoms with Crippen molar-refractivity contribution in [2.75, 3.05) is 26.2 Å². The molecule has 1 aromatic carbocycles. The zero-order valence-corrected chi connectivity index (χ0v) is 14.1. The highest BCUT2D eigenvalue weighted by Crippen LogP contribution is 2.12. The molecule has 1 aliphatic rings. The van der Waals surface area contributed by atoms with Gasteiger partial charge in [0.1, 0.15) is 0 Å². The number of benzene rings is 1. The van der Waals surface area contributed by atoms with Crippen molar-refractivity contribution in [3.63, 3.8) is 0 Å². The van der Waals surface area contributed by atoms with E-state index in [4.69, 9.17) is 0 Å². The van der Waals surface area contributed by atoms with Crippen LogP contribution in [0.4, 0.5) is 0 Å². The van der Waals surface area contributed by atoms with Gasteiger partial charge in [-0.3, -0.25) is 4.79 Å². The first-order valence-corrected chi connectivity index (χ1v) is 9.58. The third-order valence-electron chi connectivity index (χ3n) is 3.97. The van der Waals surface area contributed by atoms with Gasteiger partial charge >= 0.3 is 0 Å². The van der Waals surface area contributed by atoms with Crippen molar-refractivity contribution in [2.24, 2.45) is 5.92 Å². The van der Waals surface area contributed by atoms with Crippen LogP contribution in [0.25, 0.3) is 0 Å². The Labute approximate surface area is 138 Å². The molecule has 128 valence electrons. The number of nitrogens with one attached hydrogen (secondary N) is 3. The van der Waals surface area contributed by atoms with Crippen LogP contribution in [0.2, 0.25) is 0 Å². The van der Waals surface area contributed by atoms with Crippen LogP contribution in [-0.2, 0) is 14.8 Å². The molecule has 1 aromatic rings. The molecule has 1 heterocycles. The smallest absolute Gasteiger partial charge is 0.240 e. The largest absolute Gasteiger partial charge is 0.356 e. The molecule has 23 heavy (non-hydrogen) atoms. The lowest BCUT2D eigenvalue weighted by Crippen LogP contribution is -2.34. The van der Waals surface area contributed by atoms with Crippen LogP contribution >= 0.6 is 0 Å². The molecule has 1 amide bonds. The van der Waals surface area contributed by atoms with Crippen molar-refractivity contribution in [1.29, 1.82) is 0 Å². The van der Waals surface area contributed by atoms with Gasteiger partial charge in [0.15, 0.2) is 0 Å². The molecule has 2 rings (SSSR count). The Morgan fingerprint density at radius 1 is 1.22 bits per heavy atom. The first kappa shape index (κ1) is 17.9. The number of piperidine rings is 1. The normalized spacial score (nSPS) is 18.5. The highest BCUT2D eigenvalue weighted by Gasteiger charge is 2.14. The Kier molecular flexibility index (Phi) is 7.01. The third kappa shape index (κ3) is 6.29. The molecule has 0 bridgehead atoms. The van der Waals surface area contributed by atoms with Crippen LogP contribution in [0.5, 0.6) is 0 Å². The van der Waals surface area contributed by atoms with Crippen molar-refractivity contribution >= 4 is 15.9 Å². The number of amides is 1. The first-order chi connectivity index (χ1) is 11.1. The monoisotopic (exact) mass is 339 g/mol. The summed E-state index contributed by atoms with van der Waals surface area (Å²) in [4.78, 5) is 12.0. The molecule has 0 aliphatic carbocycles. The van der Waals surface area contributed by atoms with E-state index in [0.717, 1.165) is 19.5 Å². The van der Waals surface area contributed by atoms with Crippen LogP contribution in [0.1, 0.15) is 25.7 Å². The molecule has 1 aliphatic heterocycles. The fraction of sp³-hybridized carbons (Fsp3) is 0.562. The van der Waals surface area contributed by atoms with Crippen LogP contribution in [0, 0.1) is 5.92 Å². The molecule has 1 atom stereocenters. The predicted molar refractivity (Wildman–Crippen MR) is 89.5 cm³/mol. The second kappa shape index (κ2) is 9.00. The van der Waals surface area contributed by atoms with E-state index in [1.54, 1.807) is 18.2 Å². The summed E-state index contributed by atoms with van der Waals surface area (Å²) in [5, 5.41) is 6.20. The molecule has 1 saturated heterocycles. The van der Waals surface area contributed by atoms with E-state index < -0.39 is 10.0 Å². The number of carbonyl (C=O) groups is 1. The maximum Gasteiger partial charge on any atom is 0.240 e. The van der Waals surface area contributed by atoms with Gasteiger partial charge < -0.3 is 10.6 Å². The second-order valence-electron chi connectivity index (χ2n) is 5.81. The molecule has 1 unspecified atom stereocenters. The Hall–Kier alpha value is -1.44. The Bertz CT molecular complexity index is 584. The maximum absolute atomic E-state index is 12.0. The van der Waals surface area contributed by atoms with Crippen molar-refractivity contribution in [1.82, 2.24) is 15.4 Å². The van der Waals surface area contributed by atoms with E-state index in [9.17, 15) is 13.2 Å². The summed E-state index contributed by atoms with van der Waals surface area (Å²) in [5.41, 5.74) is 0. The Balaban J connectivity index is 1.62. The van der Waals surface area contributed by atoms with E-state index in [1.165, 1.54) is 25.0 Å². The van der Waals surface area contributed by atoms with E-state index in [0.29, 0.717) is 12.5 Å². The topological polar surface area (TPSA) is 87.3 Å². The molecular formula is C16H25N3O3S. The summed E-state index contributed by atoms with van der Waals surface area (Å²) in [6, 6.07) is 8.15. The zero-order valence-electron chi connectivity index (χ0n) is 13.3. The molecule has 1 fully saturated rings. The highest BCUT2D eigenvalue weighted by molar-refractivity contribution is 7.89. The molecule has 0 spiro atoms. The number of sulfonamides is 1. The number of hydrogen-bond donors (Lipinski definition) is 3. The van der Waals surface area contributed by atoms with E-state index in [2.05, 4.69) is 15.4 Å². The van der Waals surface area contributed by atoms with Gasteiger partial charge in [0, 0.05) is 19.5 Å². The predicted octanol–water partition coefficient (Wildman–Crippen LogP) is 0.861. The first-order valence-electron chi connectivity index (χ1n) is 8.10. The zero-order chi connectivity index (χ0) is 16.5. The van der Waals surface area contributed by atoms with Gasteiger partial charge in [0.05, 0.1) is 4.90 Å². The average molecular weight is 339 g/mol. The molecule has 7 heteroatoms. The van der Waals surface area contributed by atoms with Gasteiger partial charge in [-0.1, -0.05) is 18.2 Å². The molecule has 3 N–H and O–H groups in total. The molecule has 0 aromatic heterocycles. The van der Waals surface area contributed by atoms with Crippen molar-refractivity contribution < 1.29 is 13.2 Å². The van der Waals surface area contributed by atoms with Crippen LogP contribution in [-0.4, -0.2) is 40.5 Å². The van der Waals surface area contributed by atoms with Crippen molar-refractivity contribution in [3.05, 3.63) is 30.3 Å². The average Bonchev–Trinajstić information content (AvgIpc) is 2.56. The lowest BCUT2D eigenvalue weighted by atomic mass is 9.96. The van der Waals surface area contributed by atoms with E-state index in [-0.39, 0.29) is 23.8 Å². The summed E-state index contributed by atoms with van der Waals surface area (Å²) >= 11 is 0. The minimum atomic E-state index is -3.53. The van der Waals surface area contributed by atoms with Gasteiger partial charge in [-0.15, -0.1) is 0 Å². The highest BCUT2D eigenvalue weighted by atomic mass is 32.2. The SMILES string of the molecule is O=C(CCNS(=O)(=O)c1ccccc1)NCCC1CCCNC1. The molecular weight excluding hydrogens is 314 g/mol. The maximum atomic E-state index is 12.0. The van der Waals surface area contributed by atoms with E-state index >= 15 is 0 Å². The van der Waals surface area contributed by atoms with Gasteiger partial charge in [0.2, 0.25) is 15.9 Å². The Morgan fingerprint density at radius 2 is 2.00 bits per heavy atom. The third-order valence-corrected chi connectivity index (χ3v) is 5.45. The van der Waals surface area contributed by atoms with Crippen molar-refractivity contribution in [3.8, 4) is 0 Å². The summed E-state index contributed by atoms with van der Waals surface area (Å²) in [7, 11) is -3.53. The van der Waals surface area contributed by atoms with Crippen LogP contribution < -0.4 is 15.4 Å². The fourth-order valence-corrected chi connectivity index (χ4v) is 3.71. The lowest BCUT2D eigenvalue weighted by Gasteiger charge is -2.22. The summed E-state index contributed by atoms with van der Waals surface area (Å²) in [5.74, 6) is 0.505. The van der Waals surface area contributed by atoms with Gasteiger partial charge in [-0.2, -0.15) is 0 Å². The molecule has 0 radical (unpaired) electrons. The minimum Gasteiger partial charge on any atom is -0.356 e. The van der Waals surface area contributed by atoms with Crippen LogP contribution in [0.3, 0.4) is 0 Å². The standard InChI is InChI=1S/C16H25N3O3S/c20-16(18-11-8-14-5-4-10-17-13-14)9-12-19-23(21,22)15-6-2-1-3-7-15/h1-3,6-7,14,17,19H,4-5,8-13H2,(H,18,20). The fourth-order valence-electron chi connectivity index (χ4n) is 2.66. The summed E-state index contributed by atoms with van der Waals surface area (Å²) in [6.07, 6.45) is 3.52. The van der Waals surface area contributed by atoms with Gasteiger partial charge in [-0.05, 0) is 50.4 Å². The number of hydrogen-bond acceptors (Lipinski definition) is 4. The van der Waals surface area contributed by atoms with E-state index in [1.807, 2.05) is 0 Å². The Morgan fingerprint density at radius 3 is 2.70 bits per heavy atom. The number of carbonyl (C=O) groups excluding carboxylic acids is 1. The summed E-state index contributed by atoms with van der Waals surface area (Å²) < 4.78 is 26.4. The van der Waals surface area contributed by atoms with Crippen LogP contribution in [0.15, 0.2) is 35.2 Å². The summed E-state index contributed by atoms with van der Waals surface area (Å²) in [6.45, 7) is 2.86. The second-order valence-corrected chi connectivity index (χ2v) is 7.58. The molecule has 6 nitrogen and oxygen atoms in total. The molecule has 0 saturated carbocycles. The number of rotatable bonds is 8. The van der Waals surface area contributed by atoms with Gasteiger partial charge in [0.25, 0.3) is 0 Å². The van der Waals surface area contributed by atoms with Crippen molar-refractivity contribution in [2.45, 2.75) is 30.6 Å². The van der Waals surface area contributed by atoms with Gasteiger partial charge in [-0.25, -0.2) is 13.1 Å². The lowest BCUT2D eigenvalue weighted by molar-refractivity contribution is -0.120.